The zero-order chi connectivity index (χ0) is 11.8. The molecule has 0 saturated heterocycles. The molecule has 1 atom stereocenters. The molecule has 2 aliphatic rings. The maximum atomic E-state index is 3.54. The fourth-order valence-corrected chi connectivity index (χ4v) is 2.49. The summed E-state index contributed by atoms with van der Waals surface area (Å²) >= 11 is 2.33. The number of hydrogen-bond acceptors (Lipinski definition) is 2. The highest BCUT2D eigenvalue weighted by molar-refractivity contribution is 14.1. The van der Waals surface area contributed by atoms with E-state index in [1.54, 1.807) is 0 Å². The zero-order valence-corrected chi connectivity index (χ0v) is 11.7. The molecule has 0 aliphatic carbocycles. The maximum absolute atomic E-state index is 3.54. The summed E-state index contributed by atoms with van der Waals surface area (Å²) in [6.07, 6.45) is 8.79. The Morgan fingerprint density at radius 2 is 2.00 bits per heavy atom. The number of nitrogens with zero attached hydrogens (tertiary/aromatic N) is 1. The average molecular weight is 336 g/mol. The summed E-state index contributed by atoms with van der Waals surface area (Å²) in [5.74, 6) is 0. The molecule has 0 saturated carbocycles. The Morgan fingerprint density at radius 3 is 2.71 bits per heavy atom. The van der Waals surface area contributed by atoms with Crippen LogP contribution in [0.5, 0.6) is 0 Å². The van der Waals surface area contributed by atoms with Crippen molar-refractivity contribution < 1.29 is 0 Å². The van der Waals surface area contributed by atoms with Gasteiger partial charge in [-0.25, -0.2) is 0 Å². The zero-order valence-electron chi connectivity index (χ0n) is 9.52. The van der Waals surface area contributed by atoms with E-state index >= 15 is 0 Å². The van der Waals surface area contributed by atoms with Crippen molar-refractivity contribution in [1.82, 2.24) is 10.2 Å². The Morgan fingerprint density at radius 1 is 1.24 bits per heavy atom. The molecule has 0 aromatic heterocycles. The molecule has 17 heavy (non-hydrogen) atoms. The third-order valence-electron chi connectivity index (χ3n) is 3.07. The third-order valence-corrected chi connectivity index (χ3v) is 3.79. The molecule has 3 heteroatoms. The van der Waals surface area contributed by atoms with Gasteiger partial charge >= 0.3 is 0 Å². The van der Waals surface area contributed by atoms with E-state index in [1.807, 2.05) is 0 Å². The van der Waals surface area contributed by atoms with Crippen molar-refractivity contribution in [3.8, 4) is 0 Å². The van der Waals surface area contributed by atoms with Gasteiger partial charge in [-0.1, -0.05) is 18.2 Å². The molecular weight excluding hydrogens is 323 g/mol. The molecule has 1 unspecified atom stereocenters. The van der Waals surface area contributed by atoms with Gasteiger partial charge in [0.15, 0.2) is 0 Å². The van der Waals surface area contributed by atoms with Crippen LogP contribution in [-0.2, 0) is 0 Å². The number of rotatable bonds is 1. The van der Waals surface area contributed by atoms with Gasteiger partial charge in [-0.3, -0.25) is 0 Å². The lowest BCUT2D eigenvalue weighted by atomic mass is 10.1. The lowest BCUT2D eigenvalue weighted by molar-refractivity contribution is 0.408. The van der Waals surface area contributed by atoms with Crippen LogP contribution < -0.4 is 5.32 Å². The normalized spacial score (nSPS) is 21.8. The Bertz CT molecular complexity index is 526. The van der Waals surface area contributed by atoms with E-state index in [4.69, 9.17) is 0 Å². The molecule has 1 aromatic rings. The molecular formula is C14H13IN2. The number of halogens is 1. The van der Waals surface area contributed by atoms with Gasteiger partial charge in [0, 0.05) is 16.0 Å². The minimum absolute atomic E-state index is 0.286. The van der Waals surface area contributed by atoms with E-state index in [0.717, 1.165) is 0 Å². The fraction of sp³-hybridized carbons (Fsp3) is 0.143. The Hall–Kier alpha value is -1.23. The van der Waals surface area contributed by atoms with Gasteiger partial charge in [0.2, 0.25) is 0 Å². The largest absolute Gasteiger partial charge is 0.360 e. The van der Waals surface area contributed by atoms with Crippen LogP contribution in [0.4, 0.5) is 0 Å². The second-order valence-electron chi connectivity index (χ2n) is 4.30. The first kappa shape index (κ1) is 10.9. The van der Waals surface area contributed by atoms with Crippen LogP contribution in [0.1, 0.15) is 12.5 Å². The SMILES string of the molecule is CC1=CC=CN2C=C(c3ccc(I)cc3)NC12. The number of nitrogens with one attached hydrogen (secondary N) is 1. The van der Waals surface area contributed by atoms with Crippen molar-refractivity contribution in [1.29, 1.82) is 0 Å². The van der Waals surface area contributed by atoms with E-state index in [9.17, 15) is 0 Å². The van der Waals surface area contributed by atoms with Crippen LogP contribution in [0, 0.1) is 3.57 Å². The first-order chi connectivity index (χ1) is 8.24. The molecule has 0 radical (unpaired) electrons. The van der Waals surface area contributed by atoms with E-state index in [2.05, 4.69) is 88.5 Å². The molecule has 1 N–H and O–H groups in total. The summed E-state index contributed by atoms with van der Waals surface area (Å²) in [5, 5.41) is 3.54. The summed E-state index contributed by atoms with van der Waals surface area (Å²) in [6, 6.07) is 8.58. The van der Waals surface area contributed by atoms with Crippen molar-refractivity contribution in [2.24, 2.45) is 0 Å². The van der Waals surface area contributed by atoms with E-state index in [1.165, 1.54) is 20.4 Å². The average Bonchev–Trinajstić information content (AvgIpc) is 2.75. The van der Waals surface area contributed by atoms with Crippen LogP contribution in [0.25, 0.3) is 5.70 Å². The molecule has 2 aliphatic heterocycles. The van der Waals surface area contributed by atoms with E-state index in [0.29, 0.717) is 0 Å². The van der Waals surface area contributed by atoms with Crippen molar-refractivity contribution in [3.63, 3.8) is 0 Å². The second kappa shape index (κ2) is 4.22. The molecule has 2 nitrogen and oxygen atoms in total. The maximum Gasteiger partial charge on any atom is 0.125 e. The molecule has 0 fully saturated rings. The number of benzene rings is 1. The molecule has 0 amide bonds. The first-order valence-corrected chi connectivity index (χ1v) is 6.69. The van der Waals surface area contributed by atoms with Crippen molar-refractivity contribution in [2.75, 3.05) is 0 Å². The molecule has 86 valence electrons. The predicted molar refractivity (Wildman–Crippen MR) is 78.8 cm³/mol. The van der Waals surface area contributed by atoms with Crippen LogP contribution in [0.2, 0.25) is 0 Å². The lowest BCUT2D eigenvalue weighted by Crippen LogP contribution is -2.35. The predicted octanol–water partition coefficient (Wildman–Crippen LogP) is 3.29. The number of hydrogen-bond donors (Lipinski definition) is 1. The van der Waals surface area contributed by atoms with Gasteiger partial charge in [0.05, 0.1) is 5.70 Å². The third kappa shape index (κ3) is 1.99. The van der Waals surface area contributed by atoms with Crippen LogP contribution in [-0.4, -0.2) is 11.1 Å². The lowest BCUT2D eigenvalue weighted by Gasteiger charge is -2.25. The smallest absolute Gasteiger partial charge is 0.125 e. The summed E-state index contributed by atoms with van der Waals surface area (Å²) in [5.41, 5.74) is 3.76. The van der Waals surface area contributed by atoms with Gasteiger partial charge in [-0.15, -0.1) is 0 Å². The first-order valence-electron chi connectivity index (χ1n) is 5.61. The standard InChI is InChI=1S/C14H13IN2/c1-10-3-2-8-17-9-13(16-14(10)17)11-4-6-12(15)7-5-11/h2-9,14,16H,1H3. The monoisotopic (exact) mass is 336 g/mol. The van der Waals surface area contributed by atoms with Gasteiger partial charge in [0.25, 0.3) is 0 Å². The minimum atomic E-state index is 0.286. The summed E-state index contributed by atoms with van der Waals surface area (Å²) in [4.78, 5) is 2.21. The quantitative estimate of drug-likeness (QED) is 0.792. The van der Waals surface area contributed by atoms with Crippen LogP contribution >= 0.6 is 22.6 Å². The Balaban J connectivity index is 1.90. The Kier molecular flexibility index (Phi) is 2.70. The Labute approximate surface area is 115 Å². The molecule has 0 bridgehead atoms. The topological polar surface area (TPSA) is 15.3 Å². The highest BCUT2D eigenvalue weighted by Gasteiger charge is 2.25. The van der Waals surface area contributed by atoms with Crippen molar-refractivity contribution in [2.45, 2.75) is 13.1 Å². The minimum Gasteiger partial charge on any atom is -0.360 e. The van der Waals surface area contributed by atoms with Gasteiger partial charge in [0.1, 0.15) is 6.17 Å². The number of fused-ring (bicyclic) bond motifs is 1. The molecule has 2 heterocycles. The molecule has 0 spiro atoms. The van der Waals surface area contributed by atoms with Gasteiger partial charge < -0.3 is 10.2 Å². The second-order valence-corrected chi connectivity index (χ2v) is 5.54. The summed E-state index contributed by atoms with van der Waals surface area (Å²) in [7, 11) is 0. The molecule has 3 rings (SSSR count). The van der Waals surface area contributed by atoms with Gasteiger partial charge in [-0.2, -0.15) is 0 Å². The van der Waals surface area contributed by atoms with Crippen LogP contribution in [0.15, 0.2) is 54.4 Å². The summed E-state index contributed by atoms with van der Waals surface area (Å²) in [6.45, 7) is 2.15. The van der Waals surface area contributed by atoms with Crippen molar-refractivity contribution in [3.05, 3.63) is 63.5 Å². The highest BCUT2D eigenvalue weighted by atomic mass is 127. The van der Waals surface area contributed by atoms with E-state index < -0.39 is 0 Å². The van der Waals surface area contributed by atoms with E-state index in [-0.39, 0.29) is 6.17 Å². The summed E-state index contributed by atoms with van der Waals surface area (Å²) < 4.78 is 1.26. The van der Waals surface area contributed by atoms with Crippen LogP contribution in [0.3, 0.4) is 0 Å². The van der Waals surface area contributed by atoms with Gasteiger partial charge in [-0.05, 0) is 58.9 Å². The molecule has 1 aromatic carbocycles. The highest BCUT2D eigenvalue weighted by Crippen LogP contribution is 2.26. The number of allylic oxidation sites excluding steroid dienone is 2. The van der Waals surface area contributed by atoms with Crippen molar-refractivity contribution >= 4 is 28.3 Å². The fourth-order valence-electron chi connectivity index (χ4n) is 2.13.